The third kappa shape index (κ3) is 4.87. The Bertz CT molecular complexity index is 823. The first-order valence-corrected chi connectivity index (χ1v) is 10.8. The molecule has 3 rings (SSSR count). The van der Waals surface area contributed by atoms with E-state index in [0.29, 0.717) is 23.4 Å². The van der Waals surface area contributed by atoms with Gasteiger partial charge in [0.15, 0.2) is 0 Å². The van der Waals surface area contributed by atoms with Crippen molar-refractivity contribution in [3.05, 3.63) is 29.3 Å². The van der Waals surface area contributed by atoms with Crippen molar-refractivity contribution in [1.82, 2.24) is 15.5 Å². The van der Waals surface area contributed by atoms with E-state index in [4.69, 9.17) is 0 Å². The Morgan fingerprint density at radius 3 is 2.37 bits per heavy atom. The van der Waals surface area contributed by atoms with Crippen LogP contribution in [0.25, 0.3) is 0 Å². The number of piperidine rings is 1. The summed E-state index contributed by atoms with van der Waals surface area (Å²) in [5.74, 6) is -1.92. The Morgan fingerprint density at radius 1 is 0.967 bits per heavy atom. The molecule has 162 valence electrons. The number of imide groups is 2. The standard InChI is InChI=1S/C22H30N4O4/c1-23-13-6-4-2-3-5-7-14-24-16-10-8-9-15-19(16)22(30)26(21(15)29)17-11-12-18(27)25-20(17)28/h8-10,17,23-24H,2-7,11-14H2,1H3,(H,25,27,28). The molecule has 4 amide bonds. The zero-order valence-corrected chi connectivity index (χ0v) is 17.5. The van der Waals surface area contributed by atoms with Gasteiger partial charge in [-0.3, -0.25) is 29.4 Å². The Kier molecular flexibility index (Phi) is 7.57. The van der Waals surface area contributed by atoms with E-state index in [2.05, 4.69) is 16.0 Å². The van der Waals surface area contributed by atoms with Gasteiger partial charge in [0.1, 0.15) is 6.04 Å². The number of hydrogen-bond acceptors (Lipinski definition) is 6. The van der Waals surface area contributed by atoms with Crippen molar-refractivity contribution < 1.29 is 19.2 Å². The predicted octanol–water partition coefficient (Wildman–Crippen LogP) is 2.06. The molecule has 1 atom stereocenters. The maximum absolute atomic E-state index is 13.0. The summed E-state index contributed by atoms with van der Waals surface area (Å²) in [7, 11) is 1.97. The van der Waals surface area contributed by atoms with Crippen LogP contribution in [-0.2, 0) is 9.59 Å². The molecule has 2 heterocycles. The van der Waals surface area contributed by atoms with Gasteiger partial charge in [0, 0.05) is 18.7 Å². The summed E-state index contributed by atoms with van der Waals surface area (Å²) in [6.45, 7) is 1.77. The second-order valence-electron chi connectivity index (χ2n) is 7.83. The maximum atomic E-state index is 13.0. The van der Waals surface area contributed by atoms with Gasteiger partial charge in [-0.25, -0.2) is 0 Å². The topological polar surface area (TPSA) is 108 Å². The molecule has 0 saturated carbocycles. The minimum absolute atomic E-state index is 0.115. The van der Waals surface area contributed by atoms with E-state index in [1.807, 2.05) is 7.05 Å². The van der Waals surface area contributed by atoms with E-state index >= 15 is 0 Å². The van der Waals surface area contributed by atoms with Gasteiger partial charge in [-0.2, -0.15) is 0 Å². The number of hydrogen-bond donors (Lipinski definition) is 3. The quantitative estimate of drug-likeness (QED) is 0.378. The van der Waals surface area contributed by atoms with Crippen molar-refractivity contribution in [2.24, 2.45) is 0 Å². The largest absolute Gasteiger partial charge is 0.384 e. The van der Waals surface area contributed by atoms with Crippen molar-refractivity contribution in [2.75, 3.05) is 25.5 Å². The first-order chi connectivity index (χ1) is 14.5. The SMILES string of the molecule is CNCCCCCCCCNc1cccc2c1C(=O)N(C1CCC(=O)NC1=O)C2=O. The third-order valence-corrected chi connectivity index (χ3v) is 5.64. The van der Waals surface area contributed by atoms with Crippen molar-refractivity contribution in [3.8, 4) is 0 Å². The molecule has 0 bridgehead atoms. The molecule has 8 heteroatoms. The van der Waals surface area contributed by atoms with E-state index < -0.39 is 23.8 Å². The highest BCUT2D eigenvalue weighted by Gasteiger charge is 2.45. The van der Waals surface area contributed by atoms with Crippen LogP contribution in [0.1, 0.15) is 72.1 Å². The summed E-state index contributed by atoms with van der Waals surface area (Å²) >= 11 is 0. The van der Waals surface area contributed by atoms with Crippen molar-refractivity contribution in [1.29, 1.82) is 0 Å². The fourth-order valence-electron chi connectivity index (χ4n) is 4.02. The zero-order chi connectivity index (χ0) is 21.5. The molecule has 1 saturated heterocycles. The molecule has 1 unspecified atom stereocenters. The second kappa shape index (κ2) is 10.3. The second-order valence-corrected chi connectivity index (χ2v) is 7.83. The van der Waals surface area contributed by atoms with Crippen LogP contribution in [0.3, 0.4) is 0 Å². The maximum Gasteiger partial charge on any atom is 0.264 e. The van der Waals surface area contributed by atoms with E-state index in [1.54, 1.807) is 18.2 Å². The van der Waals surface area contributed by atoms with Crippen molar-refractivity contribution in [3.63, 3.8) is 0 Å². The van der Waals surface area contributed by atoms with Crippen LogP contribution in [-0.4, -0.2) is 54.7 Å². The molecule has 0 aliphatic carbocycles. The number of rotatable bonds is 11. The first kappa shape index (κ1) is 22.0. The summed E-state index contributed by atoms with van der Waals surface area (Å²) < 4.78 is 0. The van der Waals surface area contributed by atoms with Crippen LogP contribution in [0.4, 0.5) is 5.69 Å². The van der Waals surface area contributed by atoms with E-state index in [0.717, 1.165) is 24.3 Å². The minimum Gasteiger partial charge on any atom is -0.384 e. The average molecular weight is 415 g/mol. The Hall–Kier alpha value is -2.74. The molecule has 1 aromatic rings. The van der Waals surface area contributed by atoms with Crippen LogP contribution in [0, 0.1) is 0 Å². The Morgan fingerprint density at radius 2 is 1.67 bits per heavy atom. The number of carbonyl (C=O) groups excluding carboxylic acids is 4. The fraction of sp³-hybridized carbons (Fsp3) is 0.545. The average Bonchev–Trinajstić information content (AvgIpc) is 2.98. The highest BCUT2D eigenvalue weighted by molar-refractivity contribution is 6.25. The lowest BCUT2D eigenvalue weighted by Gasteiger charge is -2.27. The molecular weight excluding hydrogens is 384 g/mol. The van der Waals surface area contributed by atoms with E-state index in [1.165, 1.54) is 25.7 Å². The van der Waals surface area contributed by atoms with E-state index in [-0.39, 0.29) is 18.7 Å². The highest BCUT2D eigenvalue weighted by atomic mass is 16.2. The molecule has 2 aliphatic heterocycles. The van der Waals surface area contributed by atoms with Crippen LogP contribution in [0.15, 0.2) is 18.2 Å². The Balaban J connectivity index is 1.56. The number of anilines is 1. The summed E-state index contributed by atoms with van der Waals surface area (Å²) in [6, 6.07) is 4.20. The van der Waals surface area contributed by atoms with Gasteiger partial charge in [0.25, 0.3) is 11.8 Å². The summed E-state index contributed by atoms with van der Waals surface area (Å²) in [5, 5.41) is 8.65. The summed E-state index contributed by atoms with van der Waals surface area (Å²) in [6.07, 6.45) is 7.19. The van der Waals surface area contributed by atoms with Gasteiger partial charge in [0.2, 0.25) is 11.8 Å². The van der Waals surface area contributed by atoms with Gasteiger partial charge in [-0.05, 0) is 45.0 Å². The molecule has 3 N–H and O–H groups in total. The zero-order valence-electron chi connectivity index (χ0n) is 17.5. The third-order valence-electron chi connectivity index (χ3n) is 5.64. The number of amides is 4. The summed E-state index contributed by atoms with van der Waals surface area (Å²) in [5.41, 5.74) is 1.24. The first-order valence-electron chi connectivity index (χ1n) is 10.8. The lowest BCUT2D eigenvalue weighted by atomic mass is 10.0. The van der Waals surface area contributed by atoms with Gasteiger partial charge in [-0.15, -0.1) is 0 Å². The van der Waals surface area contributed by atoms with Crippen molar-refractivity contribution in [2.45, 2.75) is 57.4 Å². The van der Waals surface area contributed by atoms with Crippen LogP contribution < -0.4 is 16.0 Å². The van der Waals surface area contributed by atoms with Crippen LogP contribution in [0.2, 0.25) is 0 Å². The molecule has 0 radical (unpaired) electrons. The number of fused-ring (bicyclic) bond motifs is 1. The molecule has 1 aromatic carbocycles. The minimum atomic E-state index is -0.939. The van der Waals surface area contributed by atoms with Crippen LogP contribution >= 0.6 is 0 Å². The molecular formula is C22H30N4O4. The lowest BCUT2D eigenvalue weighted by Crippen LogP contribution is -2.54. The Labute approximate surface area is 176 Å². The van der Waals surface area contributed by atoms with E-state index in [9.17, 15) is 19.2 Å². The van der Waals surface area contributed by atoms with Crippen molar-refractivity contribution >= 4 is 29.3 Å². The molecule has 30 heavy (non-hydrogen) atoms. The van der Waals surface area contributed by atoms with Crippen LogP contribution in [0.5, 0.6) is 0 Å². The van der Waals surface area contributed by atoms with Gasteiger partial charge in [0.05, 0.1) is 11.1 Å². The normalized spacial score (nSPS) is 18.6. The monoisotopic (exact) mass is 414 g/mol. The fourth-order valence-corrected chi connectivity index (χ4v) is 4.02. The highest BCUT2D eigenvalue weighted by Crippen LogP contribution is 2.32. The number of nitrogens with zero attached hydrogens (tertiary/aromatic N) is 1. The molecule has 0 aromatic heterocycles. The smallest absolute Gasteiger partial charge is 0.264 e. The molecule has 2 aliphatic rings. The molecule has 0 spiro atoms. The molecule has 1 fully saturated rings. The summed E-state index contributed by atoms with van der Waals surface area (Å²) in [4.78, 5) is 50.4. The van der Waals surface area contributed by atoms with Gasteiger partial charge < -0.3 is 10.6 Å². The lowest BCUT2D eigenvalue weighted by molar-refractivity contribution is -0.136. The predicted molar refractivity (Wildman–Crippen MR) is 113 cm³/mol. The van der Waals surface area contributed by atoms with Gasteiger partial charge >= 0.3 is 0 Å². The number of carbonyl (C=O) groups is 4. The number of unbranched alkanes of at least 4 members (excludes halogenated alkanes) is 5. The number of benzene rings is 1. The number of nitrogens with one attached hydrogen (secondary N) is 3. The molecule has 8 nitrogen and oxygen atoms in total. The van der Waals surface area contributed by atoms with Gasteiger partial charge in [-0.1, -0.05) is 31.7 Å².